The lowest BCUT2D eigenvalue weighted by atomic mass is 9.93. The Morgan fingerprint density at radius 2 is 1.90 bits per heavy atom. The Balaban J connectivity index is 3.25. The van der Waals surface area contributed by atoms with Crippen LogP contribution in [0.25, 0.3) is 0 Å². The molecule has 4 nitrogen and oxygen atoms in total. The van der Waals surface area contributed by atoms with Crippen LogP contribution < -0.4 is 5.73 Å². The van der Waals surface area contributed by atoms with E-state index >= 15 is 0 Å². The molecule has 1 rings (SSSR count). The lowest BCUT2D eigenvalue weighted by Gasteiger charge is -2.27. The van der Waals surface area contributed by atoms with Crippen LogP contribution in [0.1, 0.15) is 38.0 Å². The maximum atomic E-state index is 14.3. The molecular weight excluding hydrogens is 287 g/mol. The first kappa shape index (κ1) is 17.3. The number of benzene rings is 1. The molecule has 2 atom stereocenters. The van der Waals surface area contributed by atoms with Crippen molar-refractivity contribution in [1.29, 1.82) is 0 Å². The van der Waals surface area contributed by atoms with Gasteiger partial charge in [0.05, 0.1) is 5.56 Å². The first-order valence-electron chi connectivity index (χ1n) is 6.39. The Morgan fingerprint density at radius 3 is 2.38 bits per heavy atom. The number of nitrogens with two attached hydrogens (primary N) is 1. The molecule has 0 saturated heterocycles. The van der Waals surface area contributed by atoms with E-state index in [-0.39, 0.29) is 5.56 Å². The highest BCUT2D eigenvalue weighted by atomic mass is 19.3. The number of carbonyl (C=O) groups excluding carboxylic acids is 1. The Morgan fingerprint density at radius 1 is 1.33 bits per heavy atom. The molecule has 0 bridgehead atoms. The second-order valence-corrected chi connectivity index (χ2v) is 5.10. The van der Waals surface area contributed by atoms with E-state index in [4.69, 9.17) is 5.73 Å². The first-order valence-corrected chi connectivity index (χ1v) is 6.39. The van der Waals surface area contributed by atoms with Crippen LogP contribution in [0.2, 0.25) is 0 Å². The summed E-state index contributed by atoms with van der Waals surface area (Å²) in [6, 6.07) is 3.31. The number of primary amides is 1. The van der Waals surface area contributed by atoms with Gasteiger partial charge in [-0.1, -0.05) is 26.0 Å². The topological polar surface area (TPSA) is 72.5 Å². The molecule has 118 valence electrons. The molecule has 1 aromatic carbocycles. The van der Waals surface area contributed by atoms with Gasteiger partial charge in [0.15, 0.2) is 0 Å². The van der Waals surface area contributed by atoms with Crippen LogP contribution in [0, 0.1) is 11.7 Å². The highest BCUT2D eigenvalue weighted by molar-refractivity contribution is 5.65. The van der Waals surface area contributed by atoms with Crippen molar-refractivity contribution < 1.29 is 27.8 Å². The van der Waals surface area contributed by atoms with Gasteiger partial charge in [0, 0.05) is 5.56 Å². The average molecular weight is 305 g/mol. The molecule has 0 aliphatic heterocycles. The summed E-state index contributed by atoms with van der Waals surface area (Å²) in [5.41, 5.74) is 3.64. The van der Waals surface area contributed by atoms with Crippen LogP contribution in [0.4, 0.5) is 18.0 Å². The van der Waals surface area contributed by atoms with Crippen LogP contribution in [-0.4, -0.2) is 17.3 Å². The summed E-state index contributed by atoms with van der Waals surface area (Å²) in [7, 11) is 0. The molecule has 0 radical (unpaired) electrons. The number of rotatable bonds is 5. The molecular formula is C14H18F3NO3. The zero-order chi connectivity index (χ0) is 16.4. The predicted octanol–water partition coefficient (Wildman–Crippen LogP) is 3.09. The largest absolute Gasteiger partial charge is 0.442 e. The molecule has 2 unspecified atom stereocenters. The van der Waals surface area contributed by atoms with Crippen molar-refractivity contribution in [3.8, 4) is 0 Å². The van der Waals surface area contributed by atoms with Gasteiger partial charge in [-0.2, -0.15) is 8.78 Å². The SMILES string of the molecule is CC(OC(N)=O)c1cccc(C(F)(F)C(O)C(C)C)c1F. The molecule has 0 aromatic heterocycles. The van der Waals surface area contributed by atoms with E-state index in [0.29, 0.717) is 0 Å². The Hall–Kier alpha value is -1.76. The third-order valence-electron chi connectivity index (χ3n) is 3.12. The van der Waals surface area contributed by atoms with Gasteiger partial charge in [0.2, 0.25) is 0 Å². The maximum absolute atomic E-state index is 14.3. The summed E-state index contributed by atoms with van der Waals surface area (Å²) in [5.74, 6) is -5.75. The highest BCUT2D eigenvalue weighted by Gasteiger charge is 2.44. The fraction of sp³-hybridized carbons (Fsp3) is 0.500. The molecule has 0 aliphatic carbocycles. The summed E-state index contributed by atoms with van der Waals surface area (Å²) < 4.78 is 47.1. The maximum Gasteiger partial charge on any atom is 0.405 e. The van der Waals surface area contributed by atoms with Crippen molar-refractivity contribution in [1.82, 2.24) is 0 Å². The van der Waals surface area contributed by atoms with E-state index in [1.807, 2.05) is 0 Å². The van der Waals surface area contributed by atoms with Gasteiger partial charge in [-0.05, 0) is 18.9 Å². The smallest absolute Gasteiger partial charge is 0.405 e. The molecule has 1 amide bonds. The Labute approximate surface area is 120 Å². The van der Waals surface area contributed by atoms with E-state index in [2.05, 4.69) is 4.74 Å². The lowest BCUT2D eigenvalue weighted by Crippen LogP contribution is -2.36. The minimum Gasteiger partial charge on any atom is -0.442 e. The molecule has 3 N–H and O–H groups in total. The third kappa shape index (κ3) is 3.66. The number of aliphatic hydroxyl groups is 1. The summed E-state index contributed by atoms with van der Waals surface area (Å²) in [6.45, 7) is 4.11. The molecule has 0 aliphatic rings. The fourth-order valence-electron chi connectivity index (χ4n) is 1.94. The molecule has 0 spiro atoms. The van der Waals surface area contributed by atoms with E-state index in [0.717, 1.165) is 6.07 Å². The number of hydrogen-bond donors (Lipinski definition) is 2. The minimum absolute atomic E-state index is 0.234. The quantitative estimate of drug-likeness (QED) is 0.878. The van der Waals surface area contributed by atoms with Gasteiger partial charge in [0.1, 0.15) is 18.0 Å². The number of hydrogen-bond acceptors (Lipinski definition) is 3. The zero-order valence-corrected chi connectivity index (χ0v) is 11.9. The lowest BCUT2D eigenvalue weighted by molar-refractivity contribution is -0.134. The summed E-state index contributed by atoms with van der Waals surface area (Å²) >= 11 is 0. The molecule has 1 aromatic rings. The van der Waals surface area contributed by atoms with E-state index in [1.165, 1.54) is 32.9 Å². The van der Waals surface area contributed by atoms with Gasteiger partial charge in [-0.3, -0.25) is 0 Å². The van der Waals surface area contributed by atoms with E-state index in [1.54, 1.807) is 0 Å². The number of amides is 1. The number of halogens is 3. The molecule has 21 heavy (non-hydrogen) atoms. The van der Waals surface area contributed by atoms with Crippen LogP contribution in [0.15, 0.2) is 18.2 Å². The second-order valence-electron chi connectivity index (χ2n) is 5.10. The van der Waals surface area contributed by atoms with Crippen LogP contribution in [-0.2, 0) is 10.7 Å². The Kier molecular flexibility index (Phi) is 5.22. The standard InChI is InChI=1S/C14H18F3NO3/c1-7(2)12(19)14(16,17)10-6-4-5-9(11(10)15)8(3)21-13(18)20/h4-8,12,19H,1-3H3,(H2,18,20). The predicted molar refractivity (Wildman–Crippen MR) is 70.2 cm³/mol. The third-order valence-corrected chi connectivity index (χ3v) is 3.12. The van der Waals surface area contributed by atoms with Crippen molar-refractivity contribution in [2.24, 2.45) is 11.7 Å². The van der Waals surface area contributed by atoms with Crippen molar-refractivity contribution in [3.05, 3.63) is 35.1 Å². The number of ether oxygens (including phenoxy) is 1. The van der Waals surface area contributed by atoms with E-state index in [9.17, 15) is 23.1 Å². The van der Waals surface area contributed by atoms with Crippen molar-refractivity contribution in [3.63, 3.8) is 0 Å². The Bertz CT molecular complexity index is 520. The fourth-order valence-corrected chi connectivity index (χ4v) is 1.94. The number of carbonyl (C=O) groups is 1. The summed E-state index contributed by atoms with van der Waals surface area (Å²) in [5, 5.41) is 9.58. The van der Waals surface area contributed by atoms with Crippen molar-refractivity contribution in [2.75, 3.05) is 0 Å². The van der Waals surface area contributed by atoms with Crippen LogP contribution >= 0.6 is 0 Å². The van der Waals surface area contributed by atoms with Gasteiger partial charge < -0.3 is 15.6 Å². The van der Waals surface area contributed by atoms with Gasteiger partial charge >= 0.3 is 12.0 Å². The van der Waals surface area contributed by atoms with Crippen molar-refractivity contribution >= 4 is 6.09 Å². The molecule has 7 heteroatoms. The normalized spacial score (nSPS) is 14.9. The summed E-state index contributed by atoms with van der Waals surface area (Å²) in [6.07, 6.45) is -4.29. The van der Waals surface area contributed by atoms with E-state index < -0.39 is 41.5 Å². The minimum atomic E-state index is -3.76. The average Bonchev–Trinajstić information content (AvgIpc) is 2.36. The second kappa shape index (κ2) is 6.34. The van der Waals surface area contributed by atoms with Crippen LogP contribution in [0.3, 0.4) is 0 Å². The molecule has 0 saturated carbocycles. The van der Waals surface area contributed by atoms with Gasteiger partial charge in [-0.25, -0.2) is 9.18 Å². The van der Waals surface area contributed by atoms with Gasteiger partial charge in [0.25, 0.3) is 0 Å². The molecule has 0 heterocycles. The number of aliphatic hydroxyl groups excluding tert-OH is 1. The van der Waals surface area contributed by atoms with Crippen molar-refractivity contribution in [2.45, 2.75) is 38.9 Å². The monoisotopic (exact) mass is 305 g/mol. The highest BCUT2D eigenvalue weighted by Crippen LogP contribution is 2.38. The zero-order valence-electron chi connectivity index (χ0n) is 11.9. The first-order chi connectivity index (χ1) is 9.59. The van der Waals surface area contributed by atoms with Gasteiger partial charge in [-0.15, -0.1) is 0 Å². The molecule has 0 fully saturated rings. The van der Waals surface area contributed by atoms with Crippen LogP contribution in [0.5, 0.6) is 0 Å². The number of alkyl halides is 2. The summed E-state index contributed by atoms with van der Waals surface area (Å²) in [4.78, 5) is 10.7.